The van der Waals surface area contributed by atoms with Gasteiger partial charge in [-0.25, -0.2) is 0 Å². The Labute approximate surface area is 65.4 Å². The van der Waals surface area contributed by atoms with E-state index in [0.29, 0.717) is 0 Å². The van der Waals surface area contributed by atoms with Gasteiger partial charge in [-0.15, -0.1) is 0 Å². The number of benzene rings is 1. The molecule has 0 aliphatic rings. The second-order valence-electron chi connectivity index (χ2n) is 1.91. The van der Waals surface area contributed by atoms with Gasteiger partial charge in [-0.1, -0.05) is 29.8 Å². The highest BCUT2D eigenvalue weighted by molar-refractivity contribution is 6.33. The molecule has 0 bridgehead atoms. The van der Waals surface area contributed by atoms with Crippen molar-refractivity contribution in [3.05, 3.63) is 34.9 Å². The molecule has 1 aromatic rings. The molecule has 0 atom stereocenters. The third-order valence-corrected chi connectivity index (χ3v) is 1.52. The van der Waals surface area contributed by atoms with E-state index in [1.165, 1.54) is 0 Å². The molecule has 0 amide bonds. The highest BCUT2D eigenvalue weighted by atomic mass is 35.5. The lowest BCUT2D eigenvalue weighted by Crippen LogP contribution is -1.80. The third kappa shape index (κ3) is 1.58. The molecule has 2 heteroatoms. The standard InChI is InChI=1S/C8H8ClN/c1-10-6-7-4-2-3-5-8(7)9/h2-6H,1H3/b10-6-. The summed E-state index contributed by atoms with van der Waals surface area (Å²) in [4.78, 5) is 3.86. The van der Waals surface area contributed by atoms with Crippen molar-refractivity contribution in [2.75, 3.05) is 7.05 Å². The Morgan fingerprint density at radius 1 is 1.40 bits per heavy atom. The number of aliphatic imine (C=N–C) groups is 1. The van der Waals surface area contributed by atoms with Crippen LogP contribution in [-0.4, -0.2) is 13.3 Å². The van der Waals surface area contributed by atoms with Gasteiger partial charge in [-0.05, 0) is 6.07 Å². The summed E-state index contributed by atoms with van der Waals surface area (Å²) in [5, 5.41) is 0.744. The summed E-state index contributed by atoms with van der Waals surface area (Å²) in [6, 6.07) is 7.60. The first kappa shape index (κ1) is 7.29. The maximum atomic E-state index is 5.81. The maximum absolute atomic E-state index is 5.81. The fraction of sp³-hybridized carbons (Fsp3) is 0.125. The summed E-state index contributed by atoms with van der Waals surface area (Å²) < 4.78 is 0. The second kappa shape index (κ2) is 3.37. The Morgan fingerprint density at radius 2 is 2.10 bits per heavy atom. The van der Waals surface area contributed by atoms with E-state index in [1.54, 1.807) is 13.3 Å². The summed E-state index contributed by atoms with van der Waals surface area (Å²) >= 11 is 5.81. The van der Waals surface area contributed by atoms with E-state index in [0.717, 1.165) is 10.6 Å². The molecule has 1 nitrogen and oxygen atoms in total. The van der Waals surface area contributed by atoms with E-state index < -0.39 is 0 Å². The molecule has 52 valence electrons. The van der Waals surface area contributed by atoms with E-state index in [9.17, 15) is 0 Å². The van der Waals surface area contributed by atoms with E-state index in [-0.39, 0.29) is 0 Å². The van der Waals surface area contributed by atoms with E-state index in [1.807, 2.05) is 24.3 Å². The second-order valence-corrected chi connectivity index (χ2v) is 2.32. The summed E-state index contributed by atoms with van der Waals surface area (Å²) in [7, 11) is 1.73. The lowest BCUT2D eigenvalue weighted by atomic mass is 10.2. The molecular formula is C8H8ClN. The maximum Gasteiger partial charge on any atom is 0.0493 e. The van der Waals surface area contributed by atoms with Crippen molar-refractivity contribution < 1.29 is 0 Å². The molecule has 0 unspecified atom stereocenters. The number of nitrogens with zero attached hydrogens (tertiary/aromatic N) is 1. The number of hydrogen-bond acceptors (Lipinski definition) is 1. The summed E-state index contributed by atoms with van der Waals surface area (Å²) in [6.45, 7) is 0. The molecule has 1 aromatic carbocycles. The smallest absolute Gasteiger partial charge is 0.0493 e. The van der Waals surface area contributed by atoms with Crippen LogP contribution < -0.4 is 0 Å². The van der Waals surface area contributed by atoms with Crippen LogP contribution in [0.3, 0.4) is 0 Å². The fourth-order valence-corrected chi connectivity index (χ4v) is 0.903. The Morgan fingerprint density at radius 3 is 2.70 bits per heavy atom. The minimum Gasteiger partial charge on any atom is -0.296 e. The number of halogens is 1. The van der Waals surface area contributed by atoms with Gasteiger partial charge in [-0.2, -0.15) is 0 Å². The molecule has 0 fully saturated rings. The van der Waals surface area contributed by atoms with Crippen molar-refractivity contribution in [2.24, 2.45) is 4.99 Å². The van der Waals surface area contributed by atoms with Crippen molar-refractivity contribution in [3.63, 3.8) is 0 Å². The van der Waals surface area contributed by atoms with Gasteiger partial charge in [0.25, 0.3) is 0 Å². The molecule has 0 aromatic heterocycles. The van der Waals surface area contributed by atoms with Gasteiger partial charge < -0.3 is 0 Å². The minimum atomic E-state index is 0.744. The highest BCUT2D eigenvalue weighted by Gasteiger charge is 1.91. The molecular weight excluding hydrogens is 146 g/mol. The monoisotopic (exact) mass is 153 g/mol. The Bertz CT molecular complexity index is 243. The quantitative estimate of drug-likeness (QED) is 0.550. The number of hydrogen-bond donors (Lipinski definition) is 0. The van der Waals surface area contributed by atoms with Gasteiger partial charge in [0.1, 0.15) is 0 Å². The average Bonchev–Trinajstić information content (AvgIpc) is 1.94. The Hall–Kier alpha value is -0.820. The lowest BCUT2D eigenvalue weighted by Gasteiger charge is -1.93. The molecule has 0 N–H and O–H groups in total. The first-order chi connectivity index (χ1) is 4.84. The molecule has 0 aliphatic heterocycles. The van der Waals surface area contributed by atoms with Crippen molar-refractivity contribution in [3.8, 4) is 0 Å². The van der Waals surface area contributed by atoms with Crippen LogP contribution in [0.2, 0.25) is 5.02 Å². The highest BCUT2D eigenvalue weighted by Crippen LogP contribution is 2.11. The lowest BCUT2D eigenvalue weighted by molar-refractivity contribution is 1.46. The van der Waals surface area contributed by atoms with E-state index >= 15 is 0 Å². The van der Waals surface area contributed by atoms with Crippen LogP contribution >= 0.6 is 11.6 Å². The zero-order valence-corrected chi connectivity index (χ0v) is 6.47. The van der Waals surface area contributed by atoms with Crippen LogP contribution in [0.15, 0.2) is 29.3 Å². The third-order valence-electron chi connectivity index (χ3n) is 1.17. The van der Waals surface area contributed by atoms with Crippen LogP contribution in [0.25, 0.3) is 0 Å². The van der Waals surface area contributed by atoms with Gasteiger partial charge in [0.2, 0.25) is 0 Å². The largest absolute Gasteiger partial charge is 0.296 e. The van der Waals surface area contributed by atoms with Crippen molar-refractivity contribution >= 4 is 17.8 Å². The van der Waals surface area contributed by atoms with E-state index in [2.05, 4.69) is 4.99 Å². The summed E-state index contributed by atoms with van der Waals surface area (Å²) in [5.41, 5.74) is 0.965. The molecule has 0 saturated heterocycles. The molecule has 0 aliphatic carbocycles. The fourth-order valence-electron chi connectivity index (χ4n) is 0.719. The molecule has 0 saturated carbocycles. The van der Waals surface area contributed by atoms with Gasteiger partial charge in [0.05, 0.1) is 0 Å². The summed E-state index contributed by atoms with van der Waals surface area (Å²) in [6.07, 6.45) is 1.74. The molecule has 0 spiro atoms. The van der Waals surface area contributed by atoms with E-state index in [4.69, 9.17) is 11.6 Å². The van der Waals surface area contributed by atoms with Crippen LogP contribution in [-0.2, 0) is 0 Å². The van der Waals surface area contributed by atoms with Crippen molar-refractivity contribution in [1.82, 2.24) is 0 Å². The Balaban J connectivity index is 3.03. The first-order valence-electron chi connectivity index (χ1n) is 3.01. The van der Waals surface area contributed by atoms with Gasteiger partial charge in [0, 0.05) is 23.8 Å². The van der Waals surface area contributed by atoms with Crippen LogP contribution in [0.1, 0.15) is 5.56 Å². The van der Waals surface area contributed by atoms with Crippen molar-refractivity contribution in [2.45, 2.75) is 0 Å². The SMILES string of the molecule is C/N=C\c1ccccc1Cl. The molecule has 0 radical (unpaired) electrons. The van der Waals surface area contributed by atoms with Gasteiger partial charge in [0.15, 0.2) is 0 Å². The molecule has 1 rings (SSSR count). The first-order valence-corrected chi connectivity index (χ1v) is 3.39. The van der Waals surface area contributed by atoms with Crippen molar-refractivity contribution in [1.29, 1.82) is 0 Å². The van der Waals surface area contributed by atoms with Crippen LogP contribution in [0.4, 0.5) is 0 Å². The zero-order chi connectivity index (χ0) is 7.40. The molecule has 10 heavy (non-hydrogen) atoms. The minimum absolute atomic E-state index is 0.744. The van der Waals surface area contributed by atoms with Crippen LogP contribution in [0.5, 0.6) is 0 Å². The predicted octanol–water partition coefficient (Wildman–Crippen LogP) is 2.39. The predicted molar refractivity (Wildman–Crippen MR) is 45.0 cm³/mol. The average molecular weight is 154 g/mol. The number of rotatable bonds is 1. The zero-order valence-electron chi connectivity index (χ0n) is 5.71. The van der Waals surface area contributed by atoms with Gasteiger partial charge in [-0.3, -0.25) is 4.99 Å². The van der Waals surface area contributed by atoms with Crippen LogP contribution in [0, 0.1) is 0 Å². The normalized spacial score (nSPS) is 10.6. The van der Waals surface area contributed by atoms with Gasteiger partial charge >= 0.3 is 0 Å². The Kier molecular flexibility index (Phi) is 2.46. The topological polar surface area (TPSA) is 12.4 Å². The summed E-state index contributed by atoms with van der Waals surface area (Å²) in [5.74, 6) is 0. The molecule has 0 heterocycles.